The molecule has 0 aliphatic heterocycles. The first-order chi connectivity index (χ1) is 6.54. The number of nitrogen functional groups attached to an aromatic ring is 2. The van der Waals surface area contributed by atoms with E-state index in [-0.39, 0.29) is 32.6 Å². The summed E-state index contributed by atoms with van der Waals surface area (Å²) in [6, 6.07) is 3.00. The summed E-state index contributed by atoms with van der Waals surface area (Å²) < 4.78 is 0. The molecule has 7 heteroatoms. The number of rotatable bonds is 0. The number of hydrogen-bond acceptors (Lipinski definition) is 5. The molecule has 1 heterocycles. The SMILES string of the molecule is N=c1c2c(N)ccc(N)c2n(O)n1O. The van der Waals surface area contributed by atoms with Gasteiger partial charge in [0.05, 0.1) is 11.1 Å². The lowest BCUT2D eigenvalue weighted by Crippen LogP contribution is -2.19. The maximum absolute atomic E-state index is 9.36. The summed E-state index contributed by atoms with van der Waals surface area (Å²) in [5, 5.41) is 26.2. The van der Waals surface area contributed by atoms with E-state index in [1.165, 1.54) is 12.1 Å². The third-order valence-electron chi connectivity index (χ3n) is 2.06. The molecule has 0 aliphatic carbocycles. The van der Waals surface area contributed by atoms with E-state index in [0.29, 0.717) is 4.85 Å². The van der Waals surface area contributed by atoms with E-state index in [1.54, 1.807) is 0 Å². The molecule has 0 fully saturated rings. The number of hydrogen-bond donors (Lipinski definition) is 5. The highest BCUT2D eigenvalue weighted by atomic mass is 16.6. The molecule has 0 saturated carbocycles. The van der Waals surface area contributed by atoms with Crippen molar-refractivity contribution >= 4 is 22.3 Å². The molecule has 7 N–H and O–H groups in total. The molecule has 14 heavy (non-hydrogen) atoms. The lowest BCUT2D eigenvalue weighted by Gasteiger charge is -2.00. The van der Waals surface area contributed by atoms with Gasteiger partial charge < -0.3 is 21.9 Å². The smallest absolute Gasteiger partial charge is 0.195 e. The van der Waals surface area contributed by atoms with Crippen LogP contribution in [-0.4, -0.2) is 20.1 Å². The van der Waals surface area contributed by atoms with Crippen molar-refractivity contribution in [3.63, 3.8) is 0 Å². The normalized spacial score (nSPS) is 10.9. The summed E-state index contributed by atoms with van der Waals surface area (Å²) >= 11 is 0. The molecule has 2 aromatic rings. The Hall–Kier alpha value is -2.31. The minimum absolute atomic E-state index is 0.123. The van der Waals surface area contributed by atoms with Crippen LogP contribution in [0.2, 0.25) is 0 Å². The summed E-state index contributed by atoms with van der Waals surface area (Å²) in [7, 11) is 0. The average molecular weight is 195 g/mol. The molecule has 0 amide bonds. The van der Waals surface area contributed by atoms with Gasteiger partial charge in [0.15, 0.2) is 5.49 Å². The van der Waals surface area contributed by atoms with Crippen molar-refractivity contribution in [2.75, 3.05) is 11.5 Å². The fourth-order valence-electron chi connectivity index (χ4n) is 1.38. The topological polar surface area (TPSA) is 126 Å². The van der Waals surface area contributed by atoms with Gasteiger partial charge in [0.25, 0.3) is 0 Å². The largest absolute Gasteiger partial charge is 0.410 e. The zero-order valence-electron chi connectivity index (χ0n) is 7.10. The van der Waals surface area contributed by atoms with Gasteiger partial charge in [-0.25, -0.2) is 0 Å². The van der Waals surface area contributed by atoms with Crippen molar-refractivity contribution in [1.82, 2.24) is 9.69 Å². The molecule has 7 nitrogen and oxygen atoms in total. The van der Waals surface area contributed by atoms with Crippen LogP contribution in [0, 0.1) is 5.41 Å². The average Bonchev–Trinajstić information content (AvgIpc) is 2.38. The number of nitrogens with one attached hydrogen (secondary N) is 1. The Bertz CT molecular complexity index is 567. The van der Waals surface area contributed by atoms with Crippen molar-refractivity contribution in [1.29, 1.82) is 5.41 Å². The third-order valence-corrected chi connectivity index (χ3v) is 2.06. The molecule has 0 atom stereocenters. The first kappa shape index (κ1) is 8.30. The van der Waals surface area contributed by atoms with Crippen LogP contribution < -0.4 is 17.0 Å². The third kappa shape index (κ3) is 0.777. The second-order valence-electron chi connectivity index (χ2n) is 2.90. The molecule has 2 rings (SSSR count). The minimum Gasteiger partial charge on any atom is -0.410 e. The Morgan fingerprint density at radius 2 is 1.64 bits per heavy atom. The van der Waals surface area contributed by atoms with E-state index in [2.05, 4.69) is 0 Å². The Morgan fingerprint density at radius 3 is 2.21 bits per heavy atom. The van der Waals surface area contributed by atoms with Gasteiger partial charge in [0, 0.05) is 5.69 Å². The van der Waals surface area contributed by atoms with Gasteiger partial charge in [0.1, 0.15) is 5.52 Å². The molecule has 1 aromatic carbocycles. The van der Waals surface area contributed by atoms with Crippen LogP contribution in [-0.2, 0) is 0 Å². The van der Waals surface area contributed by atoms with E-state index in [4.69, 9.17) is 16.9 Å². The first-order valence-electron chi connectivity index (χ1n) is 3.79. The standard InChI is InChI=1S/C7H9N5O2/c8-3-1-2-4(9)6-5(3)7(10)12(14)11(6)13/h1-2,10,13-14H,8-9H2. The molecule has 0 bridgehead atoms. The van der Waals surface area contributed by atoms with Crippen LogP contribution in [0.4, 0.5) is 11.4 Å². The van der Waals surface area contributed by atoms with Gasteiger partial charge in [-0.05, 0) is 12.1 Å². The summed E-state index contributed by atoms with van der Waals surface area (Å²) in [6.07, 6.45) is 0. The van der Waals surface area contributed by atoms with Gasteiger partial charge >= 0.3 is 0 Å². The highest BCUT2D eigenvalue weighted by Crippen LogP contribution is 2.22. The van der Waals surface area contributed by atoms with Gasteiger partial charge in [-0.1, -0.05) is 9.69 Å². The molecule has 0 unspecified atom stereocenters. The van der Waals surface area contributed by atoms with Crippen molar-refractivity contribution < 1.29 is 10.4 Å². The van der Waals surface area contributed by atoms with Crippen LogP contribution in [0.25, 0.3) is 10.9 Å². The van der Waals surface area contributed by atoms with Crippen LogP contribution in [0.3, 0.4) is 0 Å². The van der Waals surface area contributed by atoms with Crippen molar-refractivity contribution in [3.8, 4) is 0 Å². The van der Waals surface area contributed by atoms with E-state index in [1.807, 2.05) is 0 Å². The lowest BCUT2D eigenvalue weighted by molar-refractivity contribution is -0.0102. The quantitative estimate of drug-likeness (QED) is 0.288. The number of aromatic nitrogens is 2. The number of nitrogens with two attached hydrogens (primary N) is 2. The molecular weight excluding hydrogens is 186 g/mol. The summed E-state index contributed by atoms with van der Waals surface area (Å²) in [5.41, 5.74) is 11.5. The second kappa shape index (κ2) is 2.34. The van der Waals surface area contributed by atoms with Crippen molar-refractivity contribution in [3.05, 3.63) is 17.6 Å². The molecule has 0 radical (unpaired) electrons. The summed E-state index contributed by atoms with van der Waals surface area (Å²) in [5.74, 6) is 0. The number of anilines is 2. The summed E-state index contributed by atoms with van der Waals surface area (Å²) in [4.78, 5) is 0.640. The monoisotopic (exact) mass is 195 g/mol. The highest BCUT2D eigenvalue weighted by Gasteiger charge is 2.14. The molecule has 1 aromatic heterocycles. The van der Waals surface area contributed by atoms with Gasteiger partial charge in [-0.2, -0.15) is 0 Å². The molecule has 0 aliphatic rings. The lowest BCUT2D eigenvalue weighted by atomic mass is 10.2. The van der Waals surface area contributed by atoms with Crippen LogP contribution in [0.1, 0.15) is 0 Å². The Kier molecular flexibility index (Phi) is 1.39. The van der Waals surface area contributed by atoms with Gasteiger partial charge in [0.2, 0.25) is 0 Å². The minimum atomic E-state index is -0.313. The van der Waals surface area contributed by atoms with Crippen molar-refractivity contribution in [2.45, 2.75) is 0 Å². The maximum atomic E-state index is 9.36. The summed E-state index contributed by atoms with van der Waals surface area (Å²) in [6.45, 7) is 0. The Morgan fingerprint density at radius 1 is 1.07 bits per heavy atom. The highest BCUT2D eigenvalue weighted by molar-refractivity contribution is 5.97. The van der Waals surface area contributed by atoms with Gasteiger partial charge in [-0.15, -0.1) is 0 Å². The fourth-order valence-corrected chi connectivity index (χ4v) is 1.38. The van der Waals surface area contributed by atoms with Crippen LogP contribution >= 0.6 is 0 Å². The number of benzene rings is 1. The van der Waals surface area contributed by atoms with E-state index >= 15 is 0 Å². The number of fused-ring (bicyclic) bond motifs is 1. The van der Waals surface area contributed by atoms with Crippen molar-refractivity contribution in [2.24, 2.45) is 0 Å². The Balaban J connectivity index is 3.16. The number of nitrogens with zero attached hydrogens (tertiary/aromatic N) is 2. The molecular formula is C7H9N5O2. The van der Waals surface area contributed by atoms with E-state index < -0.39 is 0 Å². The van der Waals surface area contributed by atoms with E-state index in [9.17, 15) is 10.4 Å². The first-order valence-corrected chi connectivity index (χ1v) is 3.79. The van der Waals surface area contributed by atoms with Crippen LogP contribution in [0.5, 0.6) is 0 Å². The predicted molar refractivity (Wildman–Crippen MR) is 49.0 cm³/mol. The van der Waals surface area contributed by atoms with E-state index in [0.717, 1.165) is 0 Å². The fraction of sp³-hybridized carbons (Fsp3) is 0. The molecule has 0 saturated heterocycles. The maximum Gasteiger partial charge on any atom is 0.195 e. The molecule has 0 spiro atoms. The Labute approximate surface area is 77.8 Å². The van der Waals surface area contributed by atoms with Gasteiger partial charge in [-0.3, -0.25) is 5.41 Å². The second-order valence-corrected chi connectivity index (χ2v) is 2.90. The van der Waals surface area contributed by atoms with Crippen LogP contribution in [0.15, 0.2) is 12.1 Å². The molecule has 74 valence electrons. The zero-order chi connectivity index (χ0) is 10.5. The zero-order valence-corrected chi connectivity index (χ0v) is 7.10. The predicted octanol–water partition coefficient (Wildman–Crippen LogP) is -0.439.